The van der Waals surface area contributed by atoms with Crippen LogP contribution in [-0.2, 0) is 24.5 Å². The van der Waals surface area contributed by atoms with Gasteiger partial charge in [0.05, 0.1) is 5.41 Å². The normalized spacial score (nSPS) is 21.8. The van der Waals surface area contributed by atoms with Gasteiger partial charge in [0.25, 0.3) is 11.8 Å². The standard InChI is InChI=1S/C20H21NO4/c22-17-15-9-4-5-10-16(15)18(23)21(17)13-25-19(24)20(11-6-12-20)14-7-2-1-3-8-14/h1-3,7-8H,4-6,9-13H2. The van der Waals surface area contributed by atoms with Gasteiger partial charge in [-0.3, -0.25) is 14.4 Å². The van der Waals surface area contributed by atoms with Gasteiger partial charge in [0.2, 0.25) is 0 Å². The number of benzene rings is 1. The second kappa shape index (κ2) is 6.14. The van der Waals surface area contributed by atoms with Gasteiger partial charge in [0, 0.05) is 11.1 Å². The number of imide groups is 1. The lowest BCUT2D eigenvalue weighted by molar-refractivity contribution is -0.163. The molecule has 0 saturated heterocycles. The molecule has 1 aliphatic heterocycles. The number of ether oxygens (including phenoxy) is 1. The summed E-state index contributed by atoms with van der Waals surface area (Å²) in [5, 5.41) is 0. The van der Waals surface area contributed by atoms with Crippen molar-refractivity contribution in [1.82, 2.24) is 4.90 Å². The first-order chi connectivity index (χ1) is 12.1. The molecule has 1 saturated carbocycles. The van der Waals surface area contributed by atoms with E-state index in [0.717, 1.165) is 42.6 Å². The number of rotatable bonds is 4. The topological polar surface area (TPSA) is 63.7 Å². The van der Waals surface area contributed by atoms with Crippen molar-refractivity contribution in [3.05, 3.63) is 47.0 Å². The van der Waals surface area contributed by atoms with E-state index < -0.39 is 5.41 Å². The van der Waals surface area contributed by atoms with Crippen LogP contribution in [0.3, 0.4) is 0 Å². The maximum absolute atomic E-state index is 12.7. The van der Waals surface area contributed by atoms with Crippen LogP contribution in [0.5, 0.6) is 0 Å². The van der Waals surface area contributed by atoms with E-state index in [-0.39, 0.29) is 24.5 Å². The van der Waals surface area contributed by atoms with Crippen molar-refractivity contribution in [2.75, 3.05) is 6.73 Å². The highest BCUT2D eigenvalue weighted by molar-refractivity contribution is 6.19. The summed E-state index contributed by atoms with van der Waals surface area (Å²) in [5.74, 6) is -0.903. The zero-order valence-corrected chi connectivity index (χ0v) is 14.1. The smallest absolute Gasteiger partial charge is 0.318 e. The Labute approximate surface area is 146 Å². The first-order valence-electron chi connectivity index (χ1n) is 8.94. The molecule has 0 atom stereocenters. The molecule has 0 bridgehead atoms. The Kier molecular flexibility index (Phi) is 3.94. The number of amides is 2. The minimum atomic E-state index is -0.625. The molecule has 5 nitrogen and oxygen atoms in total. The van der Waals surface area contributed by atoms with Crippen LogP contribution in [0.15, 0.2) is 41.5 Å². The number of nitrogens with zero attached hydrogens (tertiary/aromatic N) is 1. The van der Waals surface area contributed by atoms with Crippen molar-refractivity contribution in [1.29, 1.82) is 0 Å². The van der Waals surface area contributed by atoms with Gasteiger partial charge in [-0.15, -0.1) is 0 Å². The predicted molar refractivity (Wildman–Crippen MR) is 90.3 cm³/mol. The van der Waals surface area contributed by atoms with Gasteiger partial charge in [-0.05, 0) is 44.1 Å². The summed E-state index contributed by atoms with van der Waals surface area (Å²) < 4.78 is 5.45. The van der Waals surface area contributed by atoms with E-state index in [1.165, 1.54) is 0 Å². The van der Waals surface area contributed by atoms with Crippen molar-refractivity contribution >= 4 is 17.8 Å². The van der Waals surface area contributed by atoms with Gasteiger partial charge in [-0.1, -0.05) is 36.8 Å². The molecule has 0 spiro atoms. The molecule has 0 radical (unpaired) electrons. The summed E-state index contributed by atoms with van der Waals surface area (Å²) in [6.07, 6.45) is 5.63. The lowest BCUT2D eigenvalue weighted by Gasteiger charge is -2.39. The summed E-state index contributed by atoms with van der Waals surface area (Å²) in [5.41, 5.74) is 1.56. The third kappa shape index (κ3) is 2.49. The molecule has 1 aromatic carbocycles. The molecule has 1 fully saturated rings. The maximum Gasteiger partial charge on any atom is 0.318 e. The highest BCUT2D eigenvalue weighted by Gasteiger charge is 2.48. The van der Waals surface area contributed by atoms with Gasteiger partial charge in [-0.25, -0.2) is 4.90 Å². The number of hydrogen-bond acceptors (Lipinski definition) is 4. The molecule has 2 aliphatic carbocycles. The molecule has 130 valence electrons. The molecule has 1 aromatic rings. The molecule has 4 rings (SSSR count). The van der Waals surface area contributed by atoms with Gasteiger partial charge in [0.1, 0.15) is 0 Å². The quantitative estimate of drug-likeness (QED) is 0.625. The fourth-order valence-corrected chi connectivity index (χ4v) is 4.07. The van der Waals surface area contributed by atoms with Crippen molar-refractivity contribution in [3.8, 4) is 0 Å². The van der Waals surface area contributed by atoms with Crippen LogP contribution in [0.2, 0.25) is 0 Å². The number of esters is 1. The fourth-order valence-electron chi connectivity index (χ4n) is 4.07. The van der Waals surface area contributed by atoms with E-state index in [9.17, 15) is 14.4 Å². The highest BCUT2D eigenvalue weighted by Crippen LogP contribution is 2.44. The van der Waals surface area contributed by atoms with Crippen LogP contribution in [0.25, 0.3) is 0 Å². The lowest BCUT2D eigenvalue weighted by Crippen LogP contribution is -2.45. The first-order valence-corrected chi connectivity index (χ1v) is 8.94. The van der Waals surface area contributed by atoms with E-state index >= 15 is 0 Å². The molecule has 0 unspecified atom stereocenters. The van der Waals surface area contributed by atoms with Crippen molar-refractivity contribution < 1.29 is 19.1 Å². The predicted octanol–water partition coefficient (Wildman–Crippen LogP) is 2.85. The van der Waals surface area contributed by atoms with Crippen LogP contribution in [-0.4, -0.2) is 29.4 Å². The average Bonchev–Trinajstić information content (AvgIpc) is 2.84. The fraction of sp³-hybridized carbons (Fsp3) is 0.450. The van der Waals surface area contributed by atoms with Crippen molar-refractivity contribution in [2.24, 2.45) is 0 Å². The minimum absolute atomic E-state index is 0.280. The van der Waals surface area contributed by atoms with E-state index in [1.54, 1.807) is 0 Å². The molecule has 25 heavy (non-hydrogen) atoms. The second-order valence-electron chi connectivity index (χ2n) is 7.07. The van der Waals surface area contributed by atoms with Crippen LogP contribution < -0.4 is 0 Å². The van der Waals surface area contributed by atoms with E-state index in [2.05, 4.69) is 0 Å². The SMILES string of the molecule is O=C1C2=C(CCCC2)C(=O)N1COC(=O)C1(c2ccccc2)CCC1. The summed E-state index contributed by atoms with van der Waals surface area (Å²) in [4.78, 5) is 38.7. The van der Waals surface area contributed by atoms with Gasteiger partial charge in [-0.2, -0.15) is 0 Å². The minimum Gasteiger partial charge on any atom is -0.443 e. The molecule has 5 heteroatoms. The van der Waals surface area contributed by atoms with Crippen LogP contribution >= 0.6 is 0 Å². The zero-order valence-electron chi connectivity index (χ0n) is 14.1. The van der Waals surface area contributed by atoms with E-state index in [1.807, 2.05) is 30.3 Å². The highest BCUT2D eigenvalue weighted by atomic mass is 16.5. The Hall–Kier alpha value is -2.43. The molecule has 1 heterocycles. The lowest BCUT2D eigenvalue weighted by atomic mass is 9.64. The number of carbonyl (C=O) groups is 3. The summed E-state index contributed by atoms with van der Waals surface area (Å²) in [7, 11) is 0. The molecule has 0 N–H and O–H groups in total. The van der Waals surface area contributed by atoms with Crippen molar-refractivity contribution in [3.63, 3.8) is 0 Å². The molecule has 0 aromatic heterocycles. The third-order valence-electron chi connectivity index (χ3n) is 5.72. The van der Waals surface area contributed by atoms with Crippen LogP contribution in [0.1, 0.15) is 50.5 Å². The zero-order chi connectivity index (χ0) is 17.4. The molecular weight excluding hydrogens is 318 g/mol. The Bertz CT molecular complexity index is 733. The van der Waals surface area contributed by atoms with Crippen molar-refractivity contribution in [2.45, 2.75) is 50.4 Å². The summed E-state index contributed by atoms with van der Waals surface area (Å²) in [6, 6.07) is 9.61. The average molecular weight is 339 g/mol. The Morgan fingerprint density at radius 2 is 1.56 bits per heavy atom. The maximum atomic E-state index is 12.7. The van der Waals surface area contributed by atoms with E-state index in [4.69, 9.17) is 4.74 Å². The molecule has 2 amide bonds. The number of hydrogen-bond donors (Lipinski definition) is 0. The van der Waals surface area contributed by atoms with Crippen LogP contribution in [0, 0.1) is 0 Å². The Morgan fingerprint density at radius 1 is 0.960 bits per heavy atom. The number of carbonyl (C=O) groups excluding carboxylic acids is 3. The largest absolute Gasteiger partial charge is 0.443 e. The van der Waals surface area contributed by atoms with Gasteiger partial charge < -0.3 is 4.74 Å². The van der Waals surface area contributed by atoms with E-state index in [0.29, 0.717) is 24.0 Å². The third-order valence-corrected chi connectivity index (χ3v) is 5.72. The Morgan fingerprint density at radius 3 is 2.08 bits per heavy atom. The monoisotopic (exact) mass is 339 g/mol. The van der Waals surface area contributed by atoms with Crippen LogP contribution in [0.4, 0.5) is 0 Å². The summed E-state index contributed by atoms with van der Waals surface area (Å²) in [6.45, 7) is -0.280. The van der Waals surface area contributed by atoms with Gasteiger partial charge >= 0.3 is 5.97 Å². The Balaban J connectivity index is 1.46. The van der Waals surface area contributed by atoms with Gasteiger partial charge in [0.15, 0.2) is 6.73 Å². The first kappa shape index (κ1) is 16.1. The second-order valence-corrected chi connectivity index (χ2v) is 7.07. The molecular formula is C20H21NO4. The molecule has 3 aliphatic rings. The summed E-state index contributed by atoms with van der Waals surface area (Å²) >= 11 is 0.